The molecule has 16 nitrogen and oxygen atoms in total. The first-order valence-corrected chi connectivity index (χ1v) is 22.8. The van der Waals surface area contributed by atoms with Crippen LogP contribution in [-0.2, 0) is 37.9 Å². The molecular formula is C44H70O16. The van der Waals surface area contributed by atoms with Crippen LogP contribution in [0.1, 0.15) is 92.4 Å². The number of hydrogen-bond donors (Lipinski definition) is 8. The fourth-order valence-electron chi connectivity index (χ4n) is 13.7. The van der Waals surface area contributed by atoms with Crippen LogP contribution >= 0.6 is 0 Å². The van der Waals surface area contributed by atoms with Gasteiger partial charge in [0.1, 0.15) is 61.0 Å². The predicted octanol–water partition coefficient (Wildman–Crippen LogP) is 0.853. The molecule has 0 amide bonds. The Morgan fingerprint density at radius 1 is 0.733 bits per heavy atom. The predicted molar refractivity (Wildman–Crippen MR) is 208 cm³/mol. The number of allylic oxidation sites excluding steroid dienone is 1. The zero-order valence-corrected chi connectivity index (χ0v) is 35.6. The quantitative estimate of drug-likeness (QED) is 0.166. The van der Waals surface area contributed by atoms with Gasteiger partial charge in [-0.3, -0.25) is 0 Å². The first-order valence-electron chi connectivity index (χ1n) is 22.8. The third-order valence-electron chi connectivity index (χ3n) is 17.3. The molecule has 0 radical (unpaired) electrons. The minimum atomic E-state index is -1.70. The maximum absolute atomic E-state index is 11.9. The Balaban J connectivity index is 0.913. The van der Waals surface area contributed by atoms with Gasteiger partial charge in [-0.2, -0.15) is 0 Å². The second-order valence-electron chi connectivity index (χ2n) is 20.6. The number of rotatable bonds is 7. The van der Waals surface area contributed by atoms with Crippen molar-refractivity contribution < 1.29 is 78.7 Å². The van der Waals surface area contributed by atoms with Crippen LogP contribution in [0.4, 0.5) is 0 Å². The molecule has 0 unspecified atom stereocenters. The zero-order valence-electron chi connectivity index (χ0n) is 35.6. The molecule has 0 bridgehead atoms. The van der Waals surface area contributed by atoms with Gasteiger partial charge in [0, 0.05) is 12.3 Å². The average Bonchev–Trinajstić information content (AvgIpc) is 3.68. The van der Waals surface area contributed by atoms with Crippen LogP contribution in [0.5, 0.6) is 0 Å². The van der Waals surface area contributed by atoms with Gasteiger partial charge in [-0.15, -0.1) is 0 Å². The van der Waals surface area contributed by atoms with Crippen molar-refractivity contribution in [3.63, 3.8) is 0 Å². The van der Waals surface area contributed by atoms with Crippen LogP contribution in [-0.4, -0.2) is 165 Å². The molecule has 9 rings (SSSR count). The van der Waals surface area contributed by atoms with E-state index in [0.29, 0.717) is 48.3 Å². The number of hydrogen-bond acceptors (Lipinski definition) is 16. The molecule has 9 aliphatic rings. The highest BCUT2D eigenvalue weighted by Crippen LogP contribution is 2.70. The van der Waals surface area contributed by atoms with Crippen molar-refractivity contribution in [1.29, 1.82) is 0 Å². The summed E-state index contributed by atoms with van der Waals surface area (Å²) in [6, 6.07) is 0. The van der Waals surface area contributed by atoms with E-state index < -0.39 is 98.4 Å². The normalized spacial score (nSPS) is 57.9. The topological polar surface area (TPSA) is 236 Å². The minimum Gasteiger partial charge on any atom is -0.394 e. The molecular weight excluding hydrogens is 784 g/mol. The monoisotopic (exact) mass is 854 g/mol. The number of ether oxygens (including phenoxy) is 8. The summed E-state index contributed by atoms with van der Waals surface area (Å²) < 4.78 is 49.8. The van der Waals surface area contributed by atoms with Gasteiger partial charge < -0.3 is 78.7 Å². The van der Waals surface area contributed by atoms with Crippen LogP contribution < -0.4 is 0 Å². The molecule has 3 saturated carbocycles. The van der Waals surface area contributed by atoms with Crippen molar-refractivity contribution in [2.24, 2.45) is 46.3 Å². The van der Waals surface area contributed by atoms with Gasteiger partial charge in [0.05, 0.1) is 38.1 Å². The molecule has 1 spiro atoms. The highest BCUT2D eigenvalue weighted by atomic mass is 16.8. The summed E-state index contributed by atoms with van der Waals surface area (Å²) in [7, 11) is 0. The molecule has 8 fully saturated rings. The molecule has 8 N–H and O–H groups in total. The van der Waals surface area contributed by atoms with Gasteiger partial charge in [-0.1, -0.05) is 39.3 Å². The summed E-state index contributed by atoms with van der Waals surface area (Å²) in [5, 5.41) is 85.1. The molecule has 0 aromatic carbocycles. The summed E-state index contributed by atoms with van der Waals surface area (Å²) in [5.41, 5.74) is 1.54. The van der Waals surface area contributed by atoms with Crippen LogP contribution in [0.3, 0.4) is 0 Å². The summed E-state index contributed by atoms with van der Waals surface area (Å²) in [6.45, 7) is 10.9. The van der Waals surface area contributed by atoms with E-state index in [1.54, 1.807) is 0 Å². The van der Waals surface area contributed by atoms with Crippen LogP contribution in [0.15, 0.2) is 11.6 Å². The smallest absolute Gasteiger partial charge is 0.187 e. The largest absolute Gasteiger partial charge is 0.394 e. The standard InChI is InChI=1S/C44H70O16/c1-19-8-13-44(54-17-19)20(2)30-28(60-44)15-26-24-7-6-22-14-23(9-11-42(22,4)25(24)10-12-43(26,30)5)56-41-38(59-40-35(51)33(49)31(47)21(3)55-40)36(52)37(29(16-45)57-41)58-39-34(50)32(48)27(46)18-53-39/h6,19-21,23-41,45-52H,7-18H2,1-5H3/t19-,20+,21+,23-,24-,25+,26+,27-,28+,29-,30+,31+,32+,33-,34-,35-,36+,37-,38-,39+,40+,41-,42+,43+,44-/m1/s1. The molecule has 5 saturated heterocycles. The fourth-order valence-corrected chi connectivity index (χ4v) is 13.7. The van der Waals surface area contributed by atoms with Gasteiger partial charge in [0.2, 0.25) is 0 Å². The Bertz CT molecular complexity index is 1560. The second-order valence-corrected chi connectivity index (χ2v) is 20.6. The van der Waals surface area contributed by atoms with E-state index in [1.165, 1.54) is 18.9 Å². The van der Waals surface area contributed by atoms with Crippen molar-refractivity contribution in [2.75, 3.05) is 19.8 Å². The summed E-state index contributed by atoms with van der Waals surface area (Å²) in [5.74, 6) is 2.65. The maximum Gasteiger partial charge on any atom is 0.187 e. The lowest BCUT2D eigenvalue weighted by Crippen LogP contribution is -2.66. The first-order chi connectivity index (χ1) is 28.5. The molecule has 4 aliphatic carbocycles. The van der Waals surface area contributed by atoms with Crippen molar-refractivity contribution in [3.05, 3.63) is 11.6 Å². The summed E-state index contributed by atoms with van der Waals surface area (Å²) in [4.78, 5) is 0. The second kappa shape index (κ2) is 16.5. The van der Waals surface area contributed by atoms with E-state index in [0.717, 1.165) is 45.1 Å². The molecule has 5 aliphatic heterocycles. The Hall–Kier alpha value is -0.900. The van der Waals surface area contributed by atoms with Crippen LogP contribution in [0.2, 0.25) is 0 Å². The van der Waals surface area contributed by atoms with Gasteiger partial charge in [0.15, 0.2) is 24.7 Å². The lowest BCUT2D eigenvalue weighted by Gasteiger charge is -2.58. The molecule has 0 aromatic heterocycles. The Labute approximate surface area is 352 Å². The van der Waals surface area contributed by atoms with E-state index in [1.807, 2.05) is 0 Å². The van der Waals surface area contributed by atoms with Gasteiger partial charge in [0.25, 0.3) is 0 Å². The molecule has 0 aromatic rings. The van der Waals surface area contributed by atoms with E-state index >= 15 is 0 Å². The van der Waals surface area contributed by atoms with E-state index in [2.05, 4.69) is 33.8 Å². The SMILES string of the molecule is C[C@@H]1CC[C@@]2(OC1)O[C@H]1C[C@H]3[C@@H]4CC=C5C[C@H](O[C@@H]6O[C@H](CO)[C@@H](O[C@@H]7OC[C@@H](O)[C@H](O)[C@H]7O)[C@H](O)[C@H]6O[C@@H]6O[C@@H](C)[C@H](O)[C@@H](O)[C@H]6O)CC[C@]5(C)[C@H]4CC[C@]3(C)[C@H]1[C@@H]2C. The Morgan fingerprint density at radius 2 is 1.48 bits per heavy atom. The van der Waals surface area contributed by atoms with E-state index in [9.17, 15) is 40.9 Å². The van der Waals surface area contributed by atoms with Crippen LogP contribution in [0.25, 0.3) is 0 Å². The molecule has 5 heterocycles. The number of aliphatic hydroxyl groups excluding tert-OH is 8. The third-order valence-corrected chi connectivity index (χ3v) is 17.3. The molecule has 25 atom stereocenters. The van der Waals surface area contributed by atoms with Crippen molar-refractivity contribution in [3.8, 4) is 0 Å². The van der Waals surface area contributed by atoms with Gasteiger partial charge in [-0.05, 0) is 98.7 Å². The number of fused-ring (bicyclic) bond motifs is 7. The number of aliphatic hydroxyl groups is 8. The highest BCUT2D eigenvalue weighted by molar-refractivity contribution is 5.26. The third kappa shape index (κ3) is 7.19. The maximum atomic E-state index is 11.9. The van der Waals surface area contributed by atoms with E-state index in [4.69, 9.17) is 37.9 Å². The van der Waals surface area contributed by atoms with Gasteiger partial charge in [-0.25, -0.2) is 0 Å². The van der Waals surface area contributed by atoms with Crippen molar-refractivity contribution in [2.45, 2.75) is 196 Å². The van der Waals surface area contributed by atoms with Gasteiger partial charge >= 0.3 is 0 Å². The fraction of sp³-hybridized carbons (Fsp3) is 0.955. The Morgan fingerprint density at radius 3 is 2.22 bits per heavy atom. The molecule has 342 valence electrons. The van der Waals surface area contributed by atoms with Crippen molar-refractivity contribution >= 4 is 0 Å². The highest BCUT2D eigenvalue weighted by Gasteiger charge is 2.69. The zero-order chi connectivity index (χ0) is 42.6. The van der Waals surface area contributed by atoms with Crippen LogP contribution in [0, 0.1) is 46.3 Å². The molecule has 16 heteroatoms. The average molecular weight is 855 g/mol. The van der Waals surface area contributed by atoms with Crippen molar-refractivity contribution in [1.82, 2.24) is 0 Å². The lowest BCUT2D eigenvalue weighted by molar-refractivity contribution is -0.385. The summed E-state index contributed by atoms with van der Waals surface area (Å²) in [6.07, 6.45) is -9.25. The Kier molecular flexibility index (Phi) is 12.2. The van der Waals surface area contributed by atoms with E-state index in [-0.39, 0.29) is 29.6 Å². The minimum absolute atomic E-state index is 0.0142. The summed E-state index contributed by atoms with van der Waals surface area (Å²) >= 11 is 0. The lowest BCUT2D eigenvalue weighted by atomic mass is 9.47. The first kappa shape index (κ1) is 44.3. The molecule has 60 heavy (non-hydrogen) atoms.